The second-order valence-electron chi connectivity index (χ2n) is 5.37. The van der Waals surface area contributed by atoms with Gasteiger partial charge in [0.15, 0.2) is 12.4 Å². The molecule has 27 heavy (non-hydrogen) atoms. The minimum atomic E-state index is -0.764. The van der Waals surface area contributed by atoms with Gasteiger partial charge in [-0.1, -0.05) is 0 Å². The molecule has 0 atom stereocenters. The average molecular weight is 372 g/mol. The molecular formula is C17H14F2N6O2. The van der Waals surface area contributed by atoms with Gasteiger partial charge in [-0.2, -0.15) is 15.0 Å². The van der Waals surface area contributed by atoms with Gasteiger partial charge >= 0.3 is 5.97 Å². The molecule has 138 valence electrons. The third kappa shape index (κ3) is 4.63. The molecule has 3 aromatic rings. The highest BCUT2D eigenvalue weighted by Gasteiger charge is 2.14. The number of halogens is 2. The molecule has 0 radical (unpaired) electrons. The molecule has 0 aliphatic carbocycles. The summed E-state index contributed by atoms with van der Waals surface area (Å²) in [5.41, 5.74) is 11.7. The maximum atomic E-state index is 13.1. The van der Waals surface area contributed by atoms with E-state index in [1.165, 1.54) is 30.3 Å². The van der Waals surface area contributed by atoms with Crippen LogP contribution in [0.5, 0.6) is 0 Å². The van der Waals surface area contributed by atoms with Crippen molar-refractivity contribution in [2.45, 2.75) is 6.61 Å². The zero-order valence-electron chi connectivity index (χ0n) is 13.8. The lowest BCUT2D eigenvalue weighted by molar-refractivity contribution is 0.0463. The molecule has 0 bridgehead atoms. The summed E-state index contributed by atoms with van der Waals surface area (Å²) in [7, 11) is 0. The molecule has 0 saturated carbocycles. The zero-order valence-corrected chi connectivity index (χ0v) is 13.8. The van der Waals surface area contributed by atoms with Crippen LogP contribution in [0.25, 0.3) is 0 Å². The third-order valence-corrected chi connectivity index (χ3v) is 3.37. The predicted octanol–water partition coefficient (Wildman–Crippen LogP) is 2.41. The molecule has 10 heteroatoms. The molecule has 1 aromatic heterocycles. The monoisotopic (exact) mass is 372 g/mol. The molecule has 5 N–H and O–H groups in total. The van der Waals surface area contributed by atoms with Crippen LogP contribution in [0, 0.1) is 11.6 Å². The quantitative estimate of drug-likeness (QED) is 0.460. The van der Waals surface area contributed by atoms with Crippen molar-refractivity contribution in [3.63, 3.8) is 0 Å². The van der Waals surface area contributed by atoms with Crippen molar-refractivity contribution < 1.29 is 18.3 Å². The Morgan fingerprint density at radius 1 is 1.00 bits per heavy atom. The van der Waals surface area contributed by atoms with Crippen molar-refractivity contribution >= 4 is 29.2 Å². The van der Waals surface area contributed by atoms with E-state index in [1.54, 1.807) is 0 Å². The molecule has 0 aliphatic rings. The number of rotatable bonds is 5. The Morgan fingerprint density at radius 3 is 2.41 bits per heavy atom. The molecule has 0 amide bonds. The summed E-state index contributed by atoms with van der Waals surface area (Å²) in [6.45, 7) is -0.305. The van der Waals surface area contributed by atoms with Gasteiger partial charge in [-0.25, -0.2) is 13.6 Å². The molecule has 0 unspecified atom stereocenters. The van der Waals surface area contributed by atoms with Gasteiger partial charge in [0.05, 0.1) is 5.56 Å². The van der Waals surface area contributed by atoms with Crippen LogP contribution < -0.4 is 16.8 Å². The van der Waals surface area contributed by atoms with Gasteiger partial charge in [0.2, 0.25) is 11.9 Å². The Bertz CT molecular complexity index is 982. The zero-order chi connectivity index (χ0) is 19.4. The number of nitrogens with two attached hydrogens (primary N) is 2. The summed E-state index contributed by atoms with van der Waals surface area (Å²) in [6, 6.07) is 8.85. The molecule has 8 nitrogen and oxygen atoms in total. The maximum absolute atomic E-state index is 13.1. The van der Waals surface area contributed by atoms with Gasteiger partial charge in [-0.3, -0.25) is 0 Å². The number of hydrogen-bond donors (Lipinski definition) is 3. The Labute approximate surface area is 152 Å². The van der Waals surface area contributed by atoms with E-state index in [4.69, 9.17) is 16.2 Å². The highest BCUT2D eigenvalue weighted by molar-refractivity contribution is 5.94. The highest BCUT2D eigenvalue weighted by atomic mass is 19.1. The van der Waals surface area contributed by atoms with Crippen LogP contribution in [0.15, 0.2) is 42.5 Å². The molecule has 0 spiro atoms. The summed E-state index contributed by atoms with van der Waals surface area (Å²) < 4.78 is 31.1. The van der Waals surface area contributed by atoms with E-state index in [0.29, 0.717) is 5.69 Å². The summed E-state index contributed by atoms with van der Waals surface area (Å²) in [5, 5.41) is 2.84. The van der Waals surface area contributed by atoms with Crippen LogP contribution >= 0.6 is 0 Å². The second kappa shape index (κ2) is 7.60. The molecule has 1 heterocycles. The topological polar surface area (TPSA) is 129 Å². The Hall–Kier alpha value is -3.82. The fraction of sp³-hybridized carbons (Fsp3) is 0.0588. The van der Waals surface area contributed by atoms with E-state index in [2.05, 4.69) is 20.3 Å². The smallest absolute Gasteiger partial charge is 0.340 e. The van der Waals surface area contributed by atoms with Gasteiger partial charge in [0, 0.05) is 11.4 Å². The molecular weight excluding hydrogens is 358 g/mol. The number of nitrogen functional groups attached to an aromatic ring is 2. The van der Waals surface area contributed by atoms with Crippen LogP contribution in [0.3, 0.4) is 0 Å². The molecule has 0 aliphatic heterocycles. The summed E-state index contributed by atoms with van der Waals surface area (Å²) in [5.74, 6) is -1.63. The minimum absolute atomic E-state index is 0.0167. The standard InChI is InChI=1S/C17H14F2N6O2/c18-9-1-4-11(5-2-9)22-17-24-14(23-16(21)25-17)8-27-15(26)12-6-3-10(19)7-13(12)20/h1-7H,8,20H2,(H3,21,22,23,24,25). The van der Waals surface area contributed by atoms with Crippen LogP contribution in [0.2, 0.25) is 0 Å². The van der Waals surface area contributed by atoms with Crippen molar-refractivity contribution in [1.29, 1.82) is 0 Å². The number of esters is 1. The van der Waals surface area contributed by atoms with Gasteiger partial charge in [0.25, 0.3) is 0 Å². The summed E-state index contributed by atoms with van der Waals surface area (Å²) in [6.07, 6.45) is 0. The first-order valence-corrected chi connectivity index (χ1v) is 7.66. The Morgan fingerprint density at radius 2 is 1.70 bits per heavy atom. The van der Waals surface area contributed by atoms with E-state index in [-0.39, 0.29) is 41.4 Å². The van der Waals surface area contributed by atoms with Crippen LogP contribution in [-0.2, 0) is 11.3 Å². The number of carbonyl (C=O) groups excluding carboxylic acids is 1. The first-order chi connectivity index (χ1) is 12.9. The highest BCUT2D eigenvalue weighted by Crippen LogP contribution is 2.17. The Balaban J connectivity index is 1.70. The number of ether oxygens (including phenoxy) is 1. The van der Waals surface area contributed by atoms with Crippen LogP contribution in [-0.4, -0.2) is 20.9 Å². The predicted molar refractivity (Wildman–Crippen MR) is 93.9 cm³/mol. The maximum Gasteiger partial charge on any atom is 0.340 e. The van der Waals surface area contributed by atoms with Crippen molar-refractivity contribution in [2.24, 2.45) is 0 Å². The lowest BCUT2D eigenvalue weighted by Gasteiger charge is -2.09. The van der Waals surface area contributed by atoms with Crippen molar-refractivity contribution in [2.75, 3.05) is 16.8 Å². The number of anilines is 4. The van der Waals surface area contributed by atoms with Gasteiger partial charge in [-0.05, 0) is 42.5 Å². The lowest BCUT2D eigenvalue weighted by Crippen LogP contribution is -2.12. The number of carbonyl (C=O) groups is 1. The minimum Gasteiger partial charge on any atom is -0.454 e. The second-order valence-corrected chi connectivity index (χ2v) is 5.37. The van der Waals surface area contributed by atoms with E-state index in [9.17, 15) is 13.6 Å². The van der Waals surface area contributed by atoms with Crippen LogP contribution in [0.4, 0.5) is 32.1 Å². The number of nitrogens with zero attached hydrogens (tertiary/aromatic N) is 3. The molecule has 0 fully saturated rings. The van der Waals surface area contributed by atoms with Crippen molar-refractivity contribution in [1.82, 2.24) is 15.0 Å². The third-order valence-electron chi connectivity index (χ3n) is 3.37. The van der Waals surface area contributed by atoms with Gasteiger partial charge in [-0.15, -0.1) is 0 Å². The SMILES string of the molecule is Nc1nc(COC(=O)c2ccc(F)cc2N)nc(Nc2ccc(F)cc2)n1. The average Bonchev–Trinajstić information content (AvgIpc) is 2.61. The van der Waals surface area contributed by atoms with E-state index >= 15 is 0 Å². The van der Waals surface area contributed by atoms with E-state index in [0.717, 1.165) is 12.1 Å². The van der Waals surface area contributed by atoms with Crippen molar-refractivity contribution in [3.8, 4) is 0 Å². The fourth-order valence-electron chi connectivity index (χ4n) is 2.15. The van der Waals surface area contributed by atoms with E-state index < -0.39 is 11.8 Å². The van der Waals surface area contributed by atoms with Gasteiger partial charge < -0.3 is 21.5 Å². The first kappa shape index (κ1) is 18.0. The largest absolute Gasteiger partial charge is 0.454 e. The number of benzene rings is 2. The van der Waals surface area contributed by atoms with E-state index in [1.807, 2.05) is 0 Å². The summed E-state index contributed by atoms with van der Waals surface area (Å²) >= 11 is 0. The number of aromatic nitrogens is 3. The lowest BCUT2D eigenvalue weighted by atomic mass is 10.2. The fourth-order valence-corrected chi connectivity index (χ4v) is 2.15. The molecule has 0 saturated heterocycles. The van der Waals surface area contributed by atoms with Crippen LogP contribution in [0.1, 0.15) is 16.2 Å². The number of hydrogen-bond acceptors (Lipinski definition) is 8. The Kier molecular flexibility index (Phi) is 5.06. The number of nitrogens with one attached hydrogen (secondary N) is 1. The normalized spacial score (nSPS) is 10.4. The summed E-state index contributed by atoms with van der Waals surface area (Å²) in [4.78, 5) is 23.9. The van der Waals surface area contributed by atoms with Crippen molar-refractivity contribution in [3.05, 3.63) is 65.5 Å². The first-order valence-electron chi connectivity index (χ1n) is 7.66. The van der Waals surface area contributed by atoms with Gasteiger partial charge in [0.1, 0.15) is 11.6 Å². The molecule has 2 aromatic carbocycles. The molecule has 3 rings (SSSR count).